The van der Waals surface area contributed by atoms with Gasteiger partial charge in [0.15, 0.2) is 17.6 Å². The van der Waals surface area contributed by atoms with Crippen molar-refractivity contribution in [2.24, 2.45) is 0 Å². The highest BCUT2D eigenvalue weighted by Gasteiger charge is 2.14. The summed E-state index contributed by atoms with van der Waals surface area (Å²) in [6.45, 7) is 3.92. The van der Waals surface area contributed by atoms with Crippen LogP contribution in [0.15, 0.2) is 16.6 Å². The molecule has 1 aromatic rings. The maximum atomic E-state index is 9.10. The van der Waals surface area contributed by atoms with Crippen LogP contribution in [0.2, 0.25) is 0 Å². The molecule has 0 spiro atoms. The van der Waals surface area contributed by atoms with Crippen LogP contribution in [0.4, 0.5) is 0 Å². The average Bonchev–Trinajstić information content (AvgIpc) is 2.33. The topological polar surface area (TPSA) is 62.5 Å². The highest BCUT2D eigenvalue weighted by Crippen LogP contribution is 2.37. The lowest BCUT2D eigenvalue weighted by molar-refractivity contribution is 0.246. The molecule has 0 saturated heterocycles. The fraction of sp³-hybridized carbons (Fsp3) is 0.417. The molecule has 4 nitrogen and oxygen atoms in total. The van der Waals surface area contributed by atoms with Crippen LogP contribution < -0.4 is 9.47 Å². The van der Waals surface area contributed by atoms with Gasteiger partial charge in [0.1, 0.15) is 6.07 Å². The van der Waals surface area contributed by atoms with Crippen molar-refractivity contribution in [2.75, 3.05) is 6.61 Å². The molecule has 92 valence electrons. The van der Waals surface area contributed by atoms with E-state index in [4.69, 9.17) is 19.8 Å². The monoisotopic (exact) mass is 299 g/mol. The number of nitrogens with zero attached hydrogens (tertiary/aromatic N) is 1. The van der Waals surface area contributed by atoms with Crippen LogP contribution in [-0.2, 0) is 6.61 Å². The van der Waals surface area contributed by atoms with Crippen LogP contribution in [0.25, 0.3) is 0 Å². The number of benzene rings is 1. The largest absolute Gasteiger partial charge is 0.490 e. The minimum Gasteiger partial charge on any atom is -0.490 e. The molecule has 0 amide bonds. The van der Waals surface area contributed by atoms with Gasteiger partial charge in [-0.15, -0.1) is 0 Å². The Bertz CT molecular complexity index is 428. The van der Waals surface area contributed by atoms with E-state index in [1.54, 1.807) is 19.1 Å². The molecule has 17 heavy (non-hydrogen) atoms. The van der Waals surface area contributed by atoms with Crippen LogP contribution in [0.1, 0.15) is 19.4 Å². The summed E-state index contributed by atoms with van der Waals surface area (Å²) in [4.78, 5) is 0. The lowest BCUT2D eigenvalue weighted by atomic mass is 10.2. The fourth-order valence-electron chi connectivity index (χ4n) is 1.29. The highest BCUT2D eigenvalue weighted by molar-refractivity contribution is 9.10. The zero-order valence-corrected chi connectivity index (χ0v) is 11.3. The first-order valence-electron chi connectivity index (χ1n) is 5.24. The van der Waals surface area contributed by atoms with E-state index in [-0.39, 0.29) is 6.61 Å². The summed E-state index contributed by atoms with van der Waals surface area (Å²) in [7, 11) is 0. The summed E-state index contributed by atoms with van der Waals surface area (Å²) in [5.41, 5.74) is 0.720. The van der Waals surface area contributed by atoms with Gasteiger partial charge in [-0.05, 0) is 47.5 Å². The zero-order valence-electron chi connectivity index (χ0n) is 9.74. The number of ether oxygens (including phenoxy) is 2. The Hall–Kier alpha value is -1.25. The normalized spacial score (nSPS) is 11.7. The third kappa shape index (κ3) is 3.62. The number of hydrogen-bond acceptors (Lipinski definition) is 4. The molecule has 0 aliphatic rings. The quantitative estimate of drug-likeness (QED) is 0.908. The first-order valence-corrected chi connectivity index (χ1v) is 6.04. The molecule has 1 rings (SSSR count). The Balaban J connectivity index is 3.12. The highest BCUT2D eigenvalue weighted by atomic mass is 79.9. The first-order chi connectivity index (χ1) is 8.12. The second-order valence-electron chi connectivity index (χ2n) is 3.39. The molecule has 5 heteroatoms. The molecule has 0 bridgehead atoms. The fourth-order valence-corrected chi connectivity index (χ4v) is 1.88. The smallest absolute Gasteiger partial charge is 0.181 e. The van der Waals surface area contributed by atoms with Gasteiger partial charge in [0.25, 0.3) is 0 Å². The van der Waals surface area contributed by atoms with Crippen molar-refractivity contribution in [1.29, 1.82) is 5.26 Å². The standard InChI is InChI=1S/C12H14BrNO3/c1-3-16-11-5-9(7-15)4-10(13)12(11)17-8(2)6-14/h4-5,8,15H,3,7H2,1-2H3. The summed E-state index contributed by atoms with van der Waals surface area (Å²) >= 11 is 3.34. The lowest BCUT2D eigenvalue weighted by Crippen LogP contribution is -2.10. The minimum absolute atomic E-state index is 0.0766. The van der Waals surface area contributed by atoms with Crippen molar-refractivity contribution >= 4 is 15.9 Å². The zero-order chi connectivity index (χ0) is 12.8. The Labute approximate surface area is 109 Å². The first kappa shape index (κ1) is 13.8. The minimum atomic E-state index is -0.564. The van der Waals surface area contributed by atoms with Gasteiger partial charge in [-0.25, -0.2) is 0 Å². The second kappa shape index (κ2) is 6.48. The molecule has 0 fully saturated rings. The lowest BCUT2D eigenvalue weighted by Gasteiger charge is -2.15. The molecule has 0 aliphatic carbocycles. The molecular formula is C12H14BrNO3. The van der Waals surface area contributed by atoms with E-state index in [0.29, 0.717) is 22.6 Å². The van der Waals surface area contributed by atoms with E-state index in [1.807, 2.05) is 13.0 Å². The van der Waals surface area contributed by atoms with Gasteiger partial charge in [0, 0.05) is 0 Å². The SMILES string of the molecule is CCOc1cc(CO)cc(Br)c1OC(C)C#N. The van der Waals surface area contributed by atoms with Crippen molar-refractivity contribution < 1.29 is 14.6 Å². The Morgan fingerprint density at radius 1 is 1.53 bits per heavy atom. The van der Waals surface area contributed by atoms with Crippen LogP contribution in [0.3, 0.4) is 0 Å². The third-order valence-corrected chi connectivity index (χ3v) is 2.62. The van der Waals surface area contributed by atoms with E-state index in [9.17, 15) is 0 Å². The molecule has 1 N–H and O–H groups in total. The molecule has 0 saturated carbocycles. The summed E-state index contributed by atoms with van der Waals surface area (Å²) in [6, 6.07) is 5.43. The maximum absolute atomic E-state index is 9.10. The van der Waals surface area contributed by atoms with Gasteiger partial charge < -0.3 is 14.6 Å². The molecule has 0 aromatic heterocycles. The van der Waals surface area contributed by atoms with Crippen molar-refractivity contribution in [2.45, 2.75) is 26.6 Å². The van der Waals surface area contributed by atoms with Crippen molar-refractivity contribution in [3.8, 4) is 17.6 Å². The number of rotatable bonds is 5. The number of aliphatic hydroxyl groups excluding tert-OH is 1. The second-order valence-corrected chi connectivity index (χ2v) is 4.24. The van der Waals surface area contributed by atoms with Gasteiger partial charge in [0.2, 0.25) is 0 Å². The van der Waals surface area contributed by atoms with E-state index >= 15 is 0 Å². The summed E-state index contributed by atoms with van der Waals surface area (Å²) in [6.07, 6.45) is -0.564. The molecule has 0 aliphatic heterocycles. The molecule has 1 aromatic carbocycles. The van der Waals surface area contributed by atoms with Crippen LogP contribution in [0, 0.1) is 11.3 Å². The van der Waals surface area contributed by atoms with Gasteiger partial charge >= 0.3 is 0 Å². The number of hydrogen-bond donors (Lipinski definition) is 1. The number of halogens is 1. The molecular weight excluding hydrogens is 286 g/mol. The number of nitriles is 1. The van der Waals surface area contributed by atoms with Gasteiger partial charge in [0.05, 0.1) is 17.7 Å². The van der Waals surface area contributed by atoms with Gasteiger partial charge in [-0.3, -0.25) is 0 Å². The predicted octanol–water partition coefficient (Wildman–Crippen LogP) is 2.63. The van der Waals surface area contributed by atoms with Crippen molar-refractivity contribution in [3.63, 3.8) is 0 Å². The van der Waals surface area contributed by atoms with E-state index in [1.165, 1.54) is 0 Å². The maximum Gasteiger partial charge on any atom is 0.181 e. The molecule has 1 atom stereocenters. The molecule has 1 unspecified atom stereocenters. The Kier molecular flexibility index (Phi) is 5.26. The summed E-state index contributed by atoms with van der Waals surface area (Å²) in [5.74, 6) is 1.01. The van der Waals surface area contributed by atoms with Crippen LogP contribution >= 0.6 is 15.9 Å². The predicted molar refractivity (Wildman–Crippen MR) is 66.9 cm³/mol. The van der Waals surface area contributed by atoms with E-state index in [0.717, 1.165) is 5.56 Å². The van der Waals surface area contributed by atoms with Crippen molar-refractivity contribution in [1.82, 2.24) is 0 Å². The number of aliphatic hydroxyl groups is 1. The summed E-state index contributed by atoms with van der Waals surface area (Å²) in [5, 5.41) is 17.8. The Morgan fingerprint density at radius 2 is 2.24 bits per heavy atom. The Morgan fingerprint density at radius 3 is 2.76 bits per heavy atom. The van der Waals surface area contributed by atoms with Gasteiger partial charge in [-0.2, -0.15) is 5.26 Å². The van der Waals surface area contributed by atoms with Crippen LogP contribution in [-0.4, -0.2) is 17.8 Å². The average molecular weight is 300 g/mol. The molecule has 0 radical (unpaired) electrons. The van der Waals surface area contributed by atoms with E-state index in [2.05, 4.69) is 15.9 Å². The molecule has 0 heterocycles. The van der Waals surface area contributed by atoms with E-state index < -0.39 is 6.10 Å². The van der Waals surface area contributed by atoms with Crippen molar-refractivity contribution in [3.05, 3.63) is 22.2 Å². The van der Waals surface area contributed by atoms with Crippen LogP contribution in [0.5, 0.6) is 11.5 Å². The summed E-state index contributed by atoms with van der Waals surface area (Å²) < 4.78 is 11.6. The van der Waals surface area contributed by atoms with Gasteiger partial charge in [-0.1, -0.05) is 0 Å². The third-order valence-electron chi connectivity index (χ3n) is 2.03.